The van der Waals surface area contributed by atoms with Crippen LogP contribution in [-0.4, -0.2) is 31.6 Å². The molecule has 2 aromatic carbocycles. The number of nitrogens with two attached hydrogens (primary N) is 1. The van der Waals surface area contributed by atoms with Gasteiger partial charge in [0.25, 0.3) is 5.69 Å². The molecule has 26 heavy (non-hydrogen) atoms. The third kappa shape index (κ3) is 5.07. The van der Waals surface area contributed by atoms with Gasteiger partial charge in [0.05, 0.1) is 11.0 Å². The zero-order chi connectivity index (χ0) is 19.2. The van der Waals surface area contributed by atoms with E-state index in [0.29, 0.717) is 13.0 Å². The molecule has 9 nitrogen and oxygen atoms in total. The summed E-state index contributed by atoms with van der Waals surface area (Å²) in [6.45, 7) is 0.776. The smallest absolute Gasteiger partial charge is 0.339 e. The van der Waals surface area contributed by atoms with E-state index in [0.717, 1.165) is 18.2 Å². The maximum absolute atomic E-state index is 12.3. The molecule has 0 bridgehead atoms. The quantitative estimate of drug-likeness (QED) is 0.197. The molecule has 140 valence electrons. The monoisotopic (exact) mass is 381 g/mol. The summed E-state index contributed by atoms with van der Waals surface area (Å²) in [6.07, 6.45) is 1.47. The van der Waals surface area contributed by atoms with Gasteiger partial charge in [-0.15, -0.1) is 0 Å². The molecule has 0 saturated heterocycles. The molecule has 2 rings (SSSR count). The van der Waals surface area contributed by atoms with Crippen LogP contribution in [0.2, 0.25) is 0 Å². The molecule has 0 heterocycles. The average Bonchev–Trinajstić information content (AvgIpc) is 2.60. The van der Waals surface area contributed by atoms with Crippen molar-refractivity contribution in [2.24, 2.45) is 0 Å². The number of nitrogens with zero attached hydrogens (tertiary/aromatic N) is 1. The minimum Gasteiger partial charge on any atom is -0.396 e. The summed E-state index contributed by atoms with van der Waals surface area (Å²) in [6, 6.07) is 9.33. The van der Waals surface area contributed by atoms with Gasteiger partial charge < -0.3 is 20.3 Å². The minimum absolute atomic E-state index is 0.0853. The van der Waals surface area contributed by atoms with Crippen LogP contribution in [0.4, 0.5) is 17.1 Å². The van der Waals surface area contributed by atoms with Crippen molar-refractivity contribution in [2.45, 2.75) is 17.7 Å². The zero-order valence-electron chi connectivity index (χ0n) is 13.8. The molecule has 0 spiro atoms. The van der Waals surface area contributed by atoms with Gasteiger partial charge in [-0.2, -0.15) is 8.42 Å². The summed E-state index contributed by atoms with van der Waals surface area (Å²) in [5.74, 6) is -0.197. The Labute approximate surface area is 150 Å². The van der Waals surface area contributed by atoms with E-state index in [-0.39, 0.29) is 22.9 Å². The maximum Gasteiger partial charge on any atom is 0.339 e. The van der Waals surface area contributed by atoms with E-state index < -0.39 is 20.7 Å². The van der Waals surface area contributed by atoms with Crippen LogP contribution in [0.25, 0.3) is 0 Å². The normalized spacial score (nSPS) is 11.1. The summed E-state index contributed by atoms with van der Waals surface area (Å²) in [5, 5.41) is 22.7. The van der Waals surface area contributed by atoms with Gasteiger partial charge in [0.15, 0.2) is 0 Å². The highest BCUT2D eigenvalue weighted by Gasteiger charge is 2.19. The second kappa shape index (κ2) is 8.50. The van der Waals surface area contributed by atoms with Crippen molar-refractivity contribution in [3.8, 4) is 5.75 Å². The molecule has 0 aliphatic carbocycles. The highest BCUT2D eigenvalue weighted by molar-refractivity contribution is 7.87. The molecule has 0 unspecified atom stereocenters. The van der Waals surface area contributed by atoms with E-state index in [4.69, 9.17) is 15.0 Å². The molecule has 0 aliphatic heterocycles. The molecule has 4 N–H and O–H groups in total. The Kier molecular flexibility index (Phi) is 6.36. The fourth-order valence-corrected chi connectivity index (χ4v) is 3.04. The number of aliphatic hydroxyl groups is 1. The number of hydrogen-bond donors (Lipinski definition) is 3. The van der Waals surface area contributed by atoms with E-state index in [1.807, 2.05) is 0 Å². The number of benzene rings is 2. The molecule has 0 aliphatic rings. The predicted molar refractivity (Wildman–Crippen MR) is 96.6 cm³/mol. The van der Waals surface area contributed by atoms with E-state index >= 15 is 0 Å². The Hall–Kier alpha value is -2.85. The van der Waals surface area contributed by atoms with Crippen LogP contribution in [0.5, 0.6) is 5.75 Å². The summed E-state index contributed by atoms with van der Waals surface area (Å²) in [7, 11) is -4.14. The van der Waals surface area contributed by atoms with Crippen molar-refractivity contribution >= 4 is 27.2 Å². The molecule has 2 aromatic rings. The van der Waals surface area contributed by atoms with Crippen LogP contribution in [0, 0.1) is 10.1 Å². The van der Waals surface area contributed by atoms with Gasteiger partial charge in [0, 0.05) is 18.8 Å². The lowest BCUT2D eigenvalue weighted by Gasteiger charge is -2.09. The lowest BCUT2D eigenvalue weighted by Crippen LogP contribution is -2.10. The van der Waals surface area contributed by atoms with E-state index in [2.05, 4.69) is 5.32 Å². The fraction of sp³-hybridized carbons (Fsp3) is 0.250. The van der Waals surface area contributed by atoms with Gasteiger partial charge in [0.2, 0.25) is 0 Å². The van der Waals surface area contributed by atoms with Crippen LogP contribution < -0.4 is 15.2 Å². The van der Waals surface area contributed by atoms with Gasteiger partial charge >= 0.3 is 10.1 Å². The number of aliphatic hydroxyl groups excluding tert-OH is 1. The molecule has 10 heteroatoms. The van der Waals surface area contributed by atoms with Gasteiger partial charge in [0.1, 0.15) is 16.3 Å². The number of nitro benzene ring substituents is 1. The standard InChI is InChI=1S/C16H19N3O6S/c17-15-8-5-13(11-16(15)19(21)22)25-26(23,24)14-6-3-12(4-7-14)18-9-1-2-10-20/h3-8,11,18,20H,1-2,9-10,17H2. The Bertz CT molecular complexity index is 868. The molecule has 0 amide bonds. The SMILES string of the molecule is Nc1ccc(OS(=O)(=O)c2ccc(NCCCCO)cc2)cc1[N+](=O)[O-]. The van der Waals surface area contributed by atoms with Crippen molar-refractivity contribution in [3.63, 3.8) is 0 Å². The van der Waals surface area contributed by atoms with Gasteiger partial charge in [-0.25, -0.2) is 0 Å². The largest absolute Gasteiger partial charge is 0.396 e. The van der Waals surface area contributed by atoms with Crippen LogP contribution in [-0.2, 0) is 10.1 Å². The van der Waals surface area contributed by atoms with Crippen LogP contribution in [0.3, 0.4) is 0 Å². The first-order valence-electron chi connectivity index (χ1n) is 7.76. The van der Waals surface area contributed by atoms with E-state index in [9.17, 15) is 18.5 Å². The van der Waals surface area contributed by atoms with E-state index in [1.165, 1.54) is 24.3 Å². The van der Waals surface area contributed by atoms with Crippen molar-refractivity contribution in [3.05, 3.63) is 52.6 Å². The van der Waals surface area contributed by atoms with E-state index in [1.54, 1.807) is 12.1 Å². The van der Waals surface area contributed by atoms with Gasteiger partial charge in [-0.1, -0.05) is 0 Å². The predicted octanol–water partition coefficient (Wildman–Crippen LogP) is 2.13. The summed E-state index contributed by atoms with van der Waals surface area (Å²) in [5.41, 5.74) is 5.68. The Balaban J connectivity index is 2.10. The lowest BCUT2D eigenvalue weighted by molar-refractivity contribution is -0.383. The summed E-state index contributed by atoms with van der Waals surface area (Å²) >= 11 is 0. The molecular weight excluding hydrogens is 362 g/mol. The highest BCUT2D eigenvalue weighted by atomic mass is 32.2. The lowest BCUT2D eigenvalue weighted by atomic mass is 10.2. The molecule has 0 aromatic heterocycles. The summed E-state index contributed by atoms with van der Waals surface area (Å²) < 4.78 is 29.6. The Morgan fingerprint density at radius 2 is 1.85 bits per heavy atom. The number of rotatable bonds is 9. The highest BCUT2D eigenvalue weighted by Crippen LogP contribution is 2.28. The molecule has 0 atom stereocenters. The Morgan fingerprint density at radius 3 is 2.46 bits per heavy atom. The molecular formula is C16H19N3O6S. The number of nitro groups is 1. The van der Waals surface area contributed by atoms with Crippen molar-refractivity contribution in [2.75, 3.05) is 24.2 Å². The average molecular weight is 381 g/mol. The topological polar surface area (TPSA) is 145 Å². The number of nitrogens with one attached hydrogen (secondary N) is 1. The third-order valence-corrected chi connectivity index (χ3v) is 4.72. The first-order valence-corrected chi connectivity index (χ1v) is 9.17. The van der Waals surface area contributed by atoms with Crippen molar-refractivity contribution in [1.82, 2.24) is 0 Å². The first-order chi connectivity index (χ1) is 12.3. The van der Waals surface area contributed by atoms with Crippen molar-refractivity contribution < 1.29 is 22.6 Å². The Morgan fingerprint density at radius 1 is 1.15 bits per heavy atom. The summed E-state index contributed by atoms with van der Waals surface area (Å²) in [4.78, 5) is 10.1. The second-order valence-electron chi connectivity index (χ2n) is 5.40. The molecule has 0 saturated carbocycles. The number of unbranched alkanes of at least 4 members (excludes halogenated alkanes) is 1. The first kappa shape index (κ1) is 19.5. The molecule has 0 fully saturated rings. The van der Waals surface area contributed by atoms with Gasteiger partial charge in [-0.05, 0) is 49.2 Å². The fourth-order valence-electron chi connectivity index (χ4n) is 2.12. The number of nitrogen functional groups attached to an aromatic ring is 1. The van der Waals surface area contributed by atoms with Gasteiger partial charge in [-0.3, -0.25) is 10.1 Å². The number of anilines is 2. The molecule has 0 radical (unpaired) electrons. The minimum atomic E-state index is -4.14. The van der Waals surface area contributed by atoms with Crippen molar-refractivity contribution in [1.29, 1.82) is 0 Å². The van der Waals surface area contributed by atoms with Crippen LogP contribution in [0.1, 0.15) is 12.8 Å². The zero-order valence-corrected chi connectivity index (χ0v) is 14.6. The second-order valence-corrected chi connectivity index (χ2v) is 6.94. The van der Waals surface area contributed by atoms with Crippen LogP contribution in [0.15, 0.2) is 47.4 Å². The third-order valence-electron chi connectivity index (χ3n) is 3.46. The maximum atomic E-state index is 12.3. The van der Waals surface area contributed by atoms with Crippen LogP contribution >= 0.6 is 0 Å². The number of hydrogen-bond acceptors (Lipinski definition) is 8.